The maximum absolute atomic E-state index is 12.6. The van der Waals surface area contributed by atoms with Gasteiger partial charge in [0.05, 0.1) is 11.4 Å². The van der Waals surface area contributed by atoms with Crippen molar-refractivity contribution >= 4 is 45.6 Å². The molecule has 5 heteroatoms. The van der Waals surface area contributed by atoms with Crippen LogP contribution in [0.25, 0.3) is 0 Å². The van der Waals surface area contributed by atoms with Gasteiger partial charge in [-0.2, -0.15) is 0 Å². The monoisotopic (exact) mass is 406 g/mol. The lowest BCUT2D eigenvalue weighted by atomic mass is 10.1. The number of hydrogen-bond donors (Lipinski definition) is 0. The molecule has 0 saturated carbocycles. The number of carbonyl (C=O) groups excluding carboxylic acids is 1. The van der Waals surface area contributed by atoms with E-state index in [1.54, 1.807) is 0 Å². The summed E-state index contributed by atoms with van der Waals surface area (Å²) in [6.45, 7) is 3.31. The molecule has 1 aliphatic rings. The molecule has 128 valence electrons. The van der Waals surface area contributed by atoms with Crippen molar-refractivity contribution in [2.45, 2.75) is 32.6 Å². The first-order chi connectivity index (χ1) is 11.2. The molecule has 2 aromatic rings. The topological polar surface area (TPSA) is 32.7 Å². The molecule has 2 heterocycles. The molecule has 1 aromatic carbocycles. The third kappa shape index (κ3) is 4.77. The molecule has 0 bridgehead atoms. The summed E-state index contributed by atoms with van der Waals surface area (Å²) >= 11 is 1.51. The maximum Gasteiger partial charge on any atom is 0.192 e. The van der Waals surface area contributed by atoms with E-state index in [2.05, 4.69) is 36.1 Å². The number of thiophene rings is 1. The summed E-state index contributed by atoms with van der Waals surface area (Å²) in [4.78, 5) is 20.3. The summed E-state index contributed by atoms with van der Waals surface area (Å²) in [7, 11) is 0. The first-order valence-electron chi connectivity index (χ1n) is 8.18. The number of ketones is 1. The molecule has 24 heavy (non-hydrogen) atoms. The fourth-order valence-corrected chi connectivity index (χ4v) is 3.45. The molecule has 0 N–H and O–H groups in total. The molecule has 0 spiro atoms. The Kier molecular flexibility index (Phi) is 7.18. The number of amidine groups is 1. The highest BCUT2D eigenvalue weighted by molar-refractivity contribution is 8.93. The largest absolute Gasteiger partial charge is 0.322 e. The van der Waals surface area contributed by atoms with Crippen molar-refractivity contribution in [2.24, 2.45) is 4.99 Å². The minimum atomic E-state index is 0. The van der Waals surface area contributed by atoms with Crippen molar-refractivity contribution in [2.75, 3.05) is 18.0 Å². The van der Waals surface area contributed by atoms with Crippen molar-refractivity contribution in [1.82, 2.24) is 0 Å². The van der Waals surface area contributed by atoms with Gasteiger partial charge in [0, 0.05) is 18.7 Å². The Bertz CT molecular complexity index is 680. The van der Waals surface area contributed by atoms with Crippen molar-refractivity contribution < 1.29 is 4.79 Å². The quantitative estimate of drug-likeness (QED) is 0.645. The molecule has 0 aliphatic carbocycles. The lowest BCUT2D eigenvalue weighted by molar-refractivity contribution is 0.101. The van der Waals surface area contributed by atoms with Crippen LogP contribution >= 0.6 is 28.3 Å². The Labute approximate surface area is 158 Å². The zero-order valence-corrected chi connectivity index (χ0v) is 16.4. The van der Waals surface area contributed by atoms with Gasteiger partial charge in [-0.1, -0.05) is 30.2 Å². The van der Waals surface area contributed by atoms with E-state index in [4.69, 9.17) is 4.99 Å². The van der Waals surface area contributed by atoms with E-state index in [0.29, 0.717) is 6.54 Å². The number of benzene rings is 1. The summed E-state index contributed by atoms with van der Waals surface area (Å²) in [5, 5.41) is 1.95. The number of carbonyl (C=O) groups is 1. The van der Waals surface area contributed by atoms with Gasteiger partial charge in [0.15, 0.2) is 5.78 Å². The molecule has 0 unspecified atom stereocenters. The fraction of sp³-hybridized carbons (Fsp3) is 0.368. The van der Waals surface area contributed by atoms with E-state index in [1.165, 1.54) is 23.3 Å². The second kappa shape index (κ2) is 9.14. The normalized spacial score (nSPS) is 14.3. The smallest absolute Gasteiger partial charge is 0.192 e. The van der Waals surface area contributed by atoms with E-state index < -0.39 is 0 Å². The molecule has 0 amide bonds. The van der Waals surface area contributed by atoms with Crippen LogP contribution in [0.3, 0.4) is 0 Å². The molecular weight excluding hydrogens is 384 g/mol. The molecule has 1 aromatic heterocycles. The molecule has 0 saturated heterocycles. The fourth-order valence-electron chi connectivity index (χ4n) is 2.79. The molecular formula is C19H23BrN2OS. The van der Waals surface area contributed by atoms with Gasteiger partial charge < -0.3 is 4.90 Å². The van der Waals surface area contributed by atoms with E-state index in [1.807, 2.05) is 17.5 Å². The average molecular weight is 407 g/mol. The first-order valence-corrected chi connectivity index (χ1v) is 9.06. The van der Waals surface area contributed by atoms with Crippen LogP contribution in [0.5, 0.6) is 0 Å². The summed E-state index contributed by atoms with van der Waals surface area (Å²) < 4.78 is 0. The van der Waals surface area contributed by atoms with Crippen LogP contribution in [0.1, 0.15) is 40.9 Å². The Hall–Kier alpha value is -1.46. The van der Waals surface area contributed by atoms with Crippen LogP contribution in [0.15, 0.2) is 46.8 Å². The van der Waals surface area contributed by atoms with Gasteiger partial charge in [-0.15, -0.1) is 28.3 Å². The van der Waals surface area contributed by atoms with Crippen LogP contribution in [0, 0.1) is 6.92 Å². The number of aryl methyl sites for hydroxylation is 1. The van der Waals surface area contributed by atoms with E-state index >= 15 is 0 Å². The van der Waals surface area contributed by atoms with Gasteiger partial charge in [0.25, 0.3) is 0 Å². The van der Waals surface area contributed by atoms with E-state index in [0.717, 1.165) is 42.2 Å². The molecule has 0 radical (unpaired) electrons. The zero-order chi connectivity index (χ0) is 16.1. The Balaban J connectivity index is 0.00000208. The SMILES string of the molecule is Br.Cc1ccc(N(CC(=O)c2cccs2)C2=NCCCCC2)cc1. The van der Waals surface area contributed by atoms with Crippen LogP contribution in [0.2, 0.25) is 0 Å². The lowest BCUT2D eigenvalue weighted by Crippen LogP contribution is -2.35. The van der Waals surface area contributed by atoms with Gasteiger partial charge in [-0.25, -0.2) is 0 Å². The number of nitrogens with zero attached hydrogens (tertiary/aromatic N) is 2. The summed E-state index contributed by atoms with van der Waals surface area (Å²) in [5.74, 6) is 1.21. The first kappa shape index (κ1) is 18.9. The average Bonchev–Trinajstić information content (AvgIpc) is 2.97. The predicted molar refractivity (Wildman–Crippen MR) is 108 cm³/mol. The van der Waals surface area contributed by atoms with Crippen LogP contribution in [-0.4, -0.2) is 24.7 Å². The van der Waals surface area contributed by atoms with Crippen molar-refractivity contribution in [3.05, 3.63) is 52.2 Å². The second-order valence-corrected chi connectivity index (χ2v) is 6.88. The Morgan fingerprint density at radius 1 is 1.17 bits per heavy atom. The molecule has 3 nitrogen and oxygen atoms in total. The van der Waals surface area contributed by atoms with Crippen molar-refractivity contribution in [3.8, 4) is 0 Å². The number of Topliss-reactive ketones (excluding diaryl/α,β-unsaturated/α-hetero) is 1. The minimum absolute atomic E-state index is 0. The number of aliphatic imine (C=N–C) groups is 1. The van der Waals surface area contributed by atoms with Crippen LogP contribution in [-0.2, 0) is 0 Å². The summed E-state index contributed by atoms with van der Waals surface area (Å²) in [5.41, 5.74) is 2.28. The Morgan fingerprint density at radius 3 is 2.67 bits per heavy atom. The number of halogens is 1. The van der Waals surface area contributed by atoms with Gasteiger partial charge in [-0.05, 0) is 43.3 Å². The van der Waals surface area contributed by atoms with Crippen molar-refractivity contribution in [1.29, 1.82) is 0 Å². The van der Waals surface area contributed by atoms with E-state index in [9.17, 15) is 4.79 Å². The third-order valence-electron chi connectivity index (χ3n) is 4.11. The molecule has 0 atom stereocenters. The highest BCUT2D eigenvalue weighted by Gasteiger charge is 2.19. The third-order valence-corrected chi connectivity index (χ3v) is 5.02. The second-order valence-electron chi connectivity index (χ2n) is 5.93. The zero-order valence-electron chi connectivity index (χ0n) is 13.9. The molecule has 1 aliphatic heterocycles. The summed E-state index contributed by atoms with van der Waals surface area (Å²) in [6.07, 6.45) is 4.46. The number of rotatable bonds is 4. The Morgan fingerprint density at radius 2 is 1.96 bits per heavy atom. The number of anilines is 1. The van der Waals surface area contributed by atoms with Gasteiger partial charge in [0.1, 0.15) is 5.84 Å². The van der Waals surface area contributed by atoms with Gasteiger partial charge in [-0.3, -0.25) is 9.79 Å². The maximum atomic E-state index is 12.6. The van der Waals surface area contributed by atoms with E-state index in [-0.39, 0.29) is 22.8 Å². The van der Waals surface area contributed by atoms with Gasteiger partial charge in [0.2, 0.25) is 0 Å². The van der Waals surface area contributed by atoms with Gasteiger partial charge >= 0.3 is 0 Å². The highest BCUT2D eigenvalue weighted by atomic mass is 79.9. The minimum Gasteiger partial charge on any atom is -0.322 e. The lowest BCUT2D eigenvalue weighted by Gasteiger charge is -2.25. The number of hydrogen-bond acceptors (Lipinski definition) is 4. The predicted octanol–water partition coefficient (Wildman–Crippen LogP) is 5.30. The van der Waals surface area contributed by atoms with Crippen LogP contribution in [0.4, 0.5) is 5.69 Å². The molecule has 0 fully saturated rings. The summed E-state index contributed by atoms with van der Waals surface area (Å²) in [6, 6.07) is 12.2. The highest BCUT2D eigenvalue weighted by Crippen LogP contribution is 2.21. The van der Waals surface area contributed by atoms with Crippen molar-refractivity contribution in [3.63, 3.8) is 0 Å². The molecule has 3 rings (SSSR count). The standard InChI is InChI=1S/C19H22N2OS.BrH/c1-15-8-10-16(11-9-15)21(19-7-3-2-4-12-20-19)14-17(22)18-6-5-13-23-18;/h5-6,8-11,13H,2-4,7,12,14H2,1H3;1H. The van der Waals surface area contributed by atoms with Crippen LogP contribution < -0.4 is 4.90 Å².